The summed E-state index contributed by atoms with van der Waals surface area (Å²) in [6.45, 7) is 1.40. The van der Waals surface area contributed by atoms with E-state index in [9.17, 15) is 4.79 Å². The van der Waals surface area contributed by atoms with Crippen LogP contribution in [0.15, 0.2) is 29.0 Å². The first-order valence-electron chi connectivity index (χ1n) is 8.81. The molecule has 1 aliphatic carbocycles. The maximum atomic E-state index is 12.3. The molecule has 2 aliphatic rings. The van der Waals surface area contributed by atoms with Crippen LogP contribution >= 0.6 is 0 Å². The Bertz CT molecular complexity index is 688. The van der Waals surface area contributed by atoms with Gasteiger partial charge in [0.15, 0.2) is 0 Å². The van der Waals surface area contributed by atoms with Crippen molar-refractivity contribution in [2.45, 2.75) is 44.4 Å². The van der Waals surface area contributed by atoms with Gasteiger partial charge in [0.05, 0.1) is 5.92 Å². The van der Waals surface area contributed by atoms with Gasteiger partial charge in [-0.3, -0.25) is 9.78 Å². The smallest absolute Gasteiger partial charge is 0.233 e. The zero-order valence-corrected chi connectivity index (χ0v) is 13.7. The van der Waals surface area contributed by atoms with Gasteiger partial charge in [-0.25, -0.2) is 0 Å². The largest absolute Gasteiger partial charge is 0.341 e. The van der Waals surface area contributed by atoms with Gasteiger partial charge in [-0.15, -0.1) is 0 Å². The molecular weight excluding hydrogens is 304 g/mol. The van der Waals surface area contributed by atoms with Gasteiger partial charge in [0, 0.05) is 37.5 Å². The van der Waals surface area contributed by atoms with Crippen LogP contribution in [0.4, 0.5) is 0 Å². The number of likely N-dealkylation sites (tertiary alicyclic amines) is 1. The average Bonchev–Trinajstić information content (AvgIpc) is 3.05. The number of nitrogens with zero attached hydrogens (tertiary/aromatic N) is 4. The lowest BCUT2D eigenvalue weighted by molar-refractivity contribution is -0.137. The molecule has 0 spiro atoms. The maximum absolute atomic E-state index is 12.3. The summed E-state index contributed by atoms with van der Waals surface area (Å²) in [6.07, 6.45) is 10.4. The van der Waals surface area contributed by atoms with E-state index in [1.165, 1.54) is 32.1 Å². The molecule has 1 aliphatic heterocycles. The van der Waals surface area contributed by atoms with Crippen molar-refractivity contribution < 1.29 is 9.32 Å². The van der Waals surface area contributed by atoms with Gasteiger partial charge in [0.1, 0.15) is 0 Å². The van der Waals surface area contributed by atoms with Crippen molar-refractivity contribution in [2.75, 3.05) is 13.1 Å². The van der Waals surface area contributed by atoms with Crippen LogP contribution < -0.4 is 0 Å². The van der Waals surface area contributed by atoms with E-state index in [1.807, 2.05) is 17.0 Å². The van der Waals surface area contributed by atoms with Crippen molar-refractivity contribution in [3.63, 3.8) is 0 Å². The highest BCUT2D eigenvalue weighted by Crippen LogP contribution is 2.31. The average molecular weight is 326 g/mol. The number of hydrogen-bond donors (Lipinski definition) is 0. The molecule has 24 heavy (non-hydrogen) atoms. The van der Waals surface area contributed by atoms with Crippen LogP contribution in [-0.4, -0.2) is 39.0 Å². The Labute approximate surface area is 141 Å². The third kappa shape index (κ3) is 3.18. The number of rotatable bonds is 4. The van der Waals surface area contributed by atoms with Crippen molar-refractivity contribution in [1.29, 1.82) is 0 Å². The summed E-state index contributed by atoms with van der Waals surface area (Å²) in [5.74, 6) is 2.25. The highest BCUT2D eigenvalue weighted by molar-refractivity contribution is 5.77. The summed E-state index contributed by atoms with van der Waals surface area (Å²) < 4.78 is 5.38. The molecule has 0 atom stereocenters. The number of pyridine rings is 1. The Morgan fingerprint density at radius 3 is 2.67 bits per heavy atom. The minimum atomic E-state index is 0.170. The molecule has 0 unspecified atom stereocenters. The maximum Gasteiger partial charge on any atom is 0.233 e. The SMILES string of the molecule is O=C(CC1CCCCC1)N1CC(c2nc(-c3ccncc3)no2)C1. The normalized spacial score (nSPS) is 19.2. The molecule has 0 radical (unpaired) electrons. The fourth-order valence-electron chi connectivity index (χ4n) is 3.62. The zero-order valence-electron chi connectivity index (χ0n) is 13.7. The van der Waals surface area contributed by atoms with Crippen molar-refractivity contribution >= 4 is 5.91 Å². The molecule has 126 valence electrons. The van der Waals surface area contributed by atoms with Crippen LogP contribution in [0, 0.1) is 5.92 Å². The molecule has 1 saturated carbocycles. The zero-order chi connectivity index (χ0) is 16.4. The Morgan fingerprint density at radius 2 is 1.92 bits per heavy atom. The molecule has 3 heterocycles. The predicted octanol–water partition coefficient (Wildman–Crippen LogP) is 3.03. The van der Waals surface area contributed by atoms with Gasteiger partial charge >= 0.3 is 0 Å². The third-order valence-corrected chi connectivity index (χ3v) is 5.15. The van der Waals surface area contributed by atoms with Crippen molar-refractivity contribution in [3.05, 3.63) is 30.4 Å². The lowest BCUT2D eigenvalue weighted by Gasteiger charge is -2.38. The van der Waals surface area contributed by atoms with E-state index in [0.717, 1.165) is 5.56 Å². The molecule has 6 nitrogen and oxygen atoms in total. The van der Waals surface area contributed by atoms with Crippen molar-refractivity contribution in [3.8, 4) is 11.4 Å². The van der Waals surface area contributed by atoms with E-state index in [4.69, 9.17) is 4.52 Å². The van der Waals surface area contributed by atoms with Gasteiger partial charge in [-0.2, -0.15) is 4.98 Å². The van der Waals surface area contributed by atoms with Gasteiger partial charge in [-0.1, -0.05) is 24.4 Å². The van der Waals surface area contributed by atoms with Crippen LogP contribution in [0.25, 0.3) is 11.4 Å². The minimum absolute atomic E-state index is 0.170. The first-order valence-corrected chi connectivity index (χ1v) is 8.81. The highest BCUT2D eigenvalue weighted by Gasteiger charge is 2.36. The predicted molar refractivity (Wildman–Crippen MR) is 88.0 cm³/mol. The first kappa shape index (κ1) is 15.3. The molecule has 2 aromatic heterocycles. The summed E-state index contributed by atoms with van der Waals surface area (Å²) >= 11 is 0. The number of carbonyl (C=O) groups is 1. The monoisotopic (exact) mass is 326 g/mol. The third-order valence-electron chi connectivity index (χ3n) is 5.15. The summed E-state index contributed by atoms with van der Waals surface area (Å²) in [6, 6.07) is 3.71. The van der Waals surface area contributed by atoms with Crippen molar-refractivity contribution in [2.24, 2.45) is 5.92 Å². The summed E-state index contributed by atoms with van der Waals surface area (Å²) in [7, 11) is 0. The Balaban J connectivity index is 1.31. The number of amides is 1. The topological polar surface area (TPSA) is 72.1 Å². The van der Waals surface area contributed by atoms with E-state index < -0.39 is 0 Å². The molecule has 6 heteroatoms. The quantitative estimate of drug-likeness (QED) is 0.863. The van der Waals surface area contributed by atoms with E-state index in [-0.39, 0.29) is 11.8 Å². The molecule has 1 amide bonds. The molecule has 0 N–H and O–H groups in total. The molecule has 0 aromatic carbocycles. The number of carbonyl (C=O) groups excluding carboxylic acids is 1. The lowest BCUT2D eigenvalue weighted by atomic mass is 9.86. The highest BCUT2D eigenvalue weighted by atomic mass is 16.5. The second kappa shape index (κ2) is 6.71. The first-order chi connectivity index (χ1) is 11.8. The van der Waals surface area contributed by atoms with Crippen LogP contribution in [0.2, 0.25) is 0 Å². The van der Waals surface area contributed by atoms with Gasteiger partial charge in [0.25, 0.3) is 0 Å². The second-order valence-corrected chi connectivity index (χ2v) is 6.90. The van der Waals surface area contributed by atoms with Crippen LogP contribution in [0.3, 0.4) is 0 Å². The van der Waals surface area contributed by atoms with Gasteiger partial charge < -0.3 is 9.42 Å². The van der Waals surface area contributed by atoms with Crippen LogP contribution in [0.5, 0.6) is 0 Å². The second-order valence-electron chi connectivity index (χ2n) is 6.90. The van der Waals surface area contributed by atoms with Crippen molar-refractivity contribution in [1.82, 2.24) is 20.0 Å². The summed E-state index contributed by atoms with van der Waals surface area (Å²) in [5.41, 5.74) is 0.893. The lowest BCUT2D eigenvalue weighted by Crippen LogP contribution is -2.49. The van der Waals surface area contributed by atoms with E-state index >= 15 is 0 Å². The van der Waals surface area contributed by atoms with E-state index in [0.29, 0.717) is 37.1 Å². The summed E-state index contributed by atoms with van der Waals surface area (Å²) in [5, 5.41) is 4.04. The standard InChI is InChI=1S/C18H22N4O2/c23-16(10-13-4-2-1-3-5-13)22-11-15(12-22)18-20-17(21-24-18)14-6-8-19-9-7-14/h6-9,13,15H,1-5,10-12H2. The molecule has 4 rings (SSSR count). The molecular formula is C18H22N4O2. The fourth-order valence-corrected chi connectivity index (χ4v) is 3.62. The molecule has 2 aromatic rings. The van der Waals surface area contributed by atoms with E-state index in [1.54, 1.807) is 12.4 Å². The van der Waals surface area contributed by atoms with Gasteiger partial charge in [0.2, 0.25) is 17.6 Å². The number of hydrogen-bond acceptors (Lipinski definition) is 5. The van der Waals surface area contributed by atoms with E-state index in [2.05, 4.69) is 15.1 Å². The molecule has 0 bridgehead atoms. The summed E-state index contributed by atoms with van der Waals surface area (Å²) in [4.78, 5) is 22.7. The molecule has 2 fully saturated rings. The van der Waals surface area contributed by atoms with Crippen LogP contribution in [0.1, 0.15) is 50.3 Å². The Kier molecular flexibility index (Phi) is 4.28. The van der Waals surface area contributed by atoms with Crippen LogP contribution in [-0.2, 0) is 4.79 Å². The molecule has 1 saturated heterocycles. The minimum Gasteiger partial charge on any atom is -0.341 e. The Morgan fingerprint density at radius 1 is 1.17 bits per heavy atom. The van der Waals surface area contributed by atoms with Gasteiger partial charge in [-0.05, 0) is 30.9 Å². The number of aromatic nitrogens is 3. The fraction of sp³-hybridized carbons (Fsp3) is 0.556. The Hall–Kier alpha value is -2.24.